The largest absolute Gasteiger partial charge is 0.465 e. The number of carbonyl (C=O) groups excluding carboxylic acids is 7. The van der Waals surface area contributed by atoms with Gasteiger partial charge in [0.1, 0.15) is 19.3 Å². The van der Waals surface area contributed by atoms with Crippen LogP contribution >= 0.6 is 0 Å². The van der Waals surface area contributed by atoms with Gasteiger partial charge < -0.3 is 38.1 Å². The number of rotatable bonds is 45. The highest BCUT2D eigenvalue weighted by atomic mass is 16.6. The van der Waals surface area contributed by atoms with Crippen molar-refractivity contribution in [2.24, 2.45) is 11.8 Å². The van der Waals surface area contributed by atoms with Crippen LogP contribution in [0.25, 0.3) is 0 Å². The van der Waals surface area contributed by atoms with Crippen LogP contribution in [-0.4, -0.2) is 130 Å². The minimum absolute atomic E-state index is 0.119. The molecular weight excluding hydrogens is 973 g/mol. The zero-order valence-corrected chi connectivity index (χ0v) is 48.1. The van der Waals surface area contributed by atoms with E-state index in [1.54, 1.807) is 0 Å². The fraction of sp³-hybridized carbons (Fsp3) is 0.850. The Labute approximate surface area is 458 Å². The summed E-state index contributed by atoms with van der Waals surface area (Å²) in [6.07, 6.45) is 29.3. The van der Waals surface area contributed by atoms with Crippen LogP contribution in [0.2, 0.25) is 0 Å². The van der Waals surface area contributed by atoms with E-state index in [0.29, 0.717) is 51.5 Å². The van der Waals surface area contributed by atoms with Crippen molar-refractivity contribution in [1.82, 2.24) is 9.80 Å². The van der Waals surface area contributed by atoms with Gasteiger partial charge in [-0.2, -0.15) is 0 Å². The Morgan fingerprint density at radius 1 is 0.434 bits per heavy atom. The van der Waals surface area contributed by atoms with Crippen LogP contribution < -0.4 is 0 Å². The van der Waals surface area contributed by atoms with Crippen LogP contribution in [0.15, 0.2) is 12.2 Å². The second-order valence-electron chi connectivity index (χ2n) is 21.5. The highest BCUT2D eigenvalue weighted by molar-refractivity contribution is 5.73. The Hall–Kier alpha value is -4.21. The van der Waals surface area contributed by atoms with Crippen LogP contribution in [-0.2, 0) is 61.9 Å². The molecule has 0 aromatic rings. The third-order valence-corrected chi connectivity index (χ3v) is 14.2. The Bertz CT molecular complexity index is 1460. The number of hydrogen-bond acceptors (Lipinski definition) is 15. The first-order valence-electron chi connectivity index (χ1n) is 30.1. The van der Waals surface area contributed by atoms with E-state index in [2.05, 4.69) is 32.6 Å². The first-order chi connectivity index (χ1) is 36.9. The van der Waals surface area contributed by atoms with Gasteiger partial charge in [0.25, 0.3) is 0 Å². The molecule has 0 aliphatic carbocycles. The topological polar surface area (TPSA) is 191 Å². The van der Waals surface area contributed by atoms with Gasteiger partial charge in [-0.3, -0.25) is 33.7 Å². The lowest BCUT2D eigenvalue weighted by Crippen LogP contribution is -2.51. The molecule has 2 aliphatic heterocycles. The molecule has 2 heterocycles. The number of esters is 6. The molecule has 1 unspecified atom stereocenters. The van der Waals surface area contributed by atoms with E-state index in [1.165, 1.54) is 4.90 Å². The molecule has 0 aromatic carbocycles. The Morgan fingerprint density at radius 2 is 0.750 bits per heavy atom. The molecule has 0 bridgehead atoms. The normalized spacial score (nSPS) is 16.6. The van der Waals surface area contributed by atoms with E-state index in [-0.39, 0.29) is 108 Å². The predicted octanol–water partition coefficient (Wildman–Crippen LogP) is 12.5. The molecule has 3 atom stereocenters. The zero-order valence-electron chi connectivity index (χ0n) is 48.1. The summed E-state index contributed by atoms with van der Waals surface area (Å²) in [6, 6.07) is -1.38. The van der Waals surface area contributed by atoms with Crippen molar-refractivity contribution in [2.75, 3.05) is 59.8 Å². The smallest absolute Gasteiger partial charge is 0.410 e. The summed E-state index contributed by atoms with van der Waals surface area (Å²) < 4.78 is 40.3. The number of ether oxygens (including phenoxy) is 7. The molecule has 16 nitrogen and oxygen atoms in total. The number of unbranched alkanes of at least 4 members (excludes halogenated alkanes) is 20. The SMILES string of the molecule is CCCCCCCCC(=O)OCC(COC(=O)CCCCCCCC)CC(=O)OC[C@@H]1CC=CC[C@@H](COC(=O)CC(COC(=O)CCCCCCCC)COC(=O)CCCCCCCC)N1C(=O)OC1CCN(C)C1. The van der Waals surface area contributed by atoms with E-state index in [9.17, 15) is 33.6 Å². The molecular formula is C60H104N2O14. The van der Waals surface area contributed by atoms with E-state index >= 15 is 0 Å². The monoisotopic (exact) mass is 1080 g/mol. The average Bonchev–Trinajstić information content (AvgIpc) is 3.70. The van der Waals surface area contributed by atoms with Gasteiger partial charge in [-0.25, -0.2) is 4.79 Å². The molecule has 2 aliphatic rings. The first kappa shape index (κ1) is 67.9. The number of nitrogens with zero attached hydrogens (tertiary/aromatic N) is 2. The maximum Gasteiger partial charge on any atom is 0.410 e. The summed E-state index contributed by atoms with van der Waals surface area (Å²) in [5.41, 5.74) is 0. The van der Waals surface area contributed by atoms with E-state index < -0.39 is 42.0 Å². The van der Waals surface area contributed by atoms with Crippen molar-refractivity contribution in [3.63, 3.8) is 0 Å². The fourth-order valence-electron chi connectivity index (χ4n) is 9.45. The molecule has 0 aromatic heterocycles. The standard InChI is InChI=1S/C60H104N2O14/c1-6-10-14-18-22-26-34-54(63)70-43-49(44-71-55(64)35-27-23-19-15-11-7-2)40-58(67)74-47-51-32-30-31-33-52(62(51)60(69)76-53-38-39-61(5)42-53)48-75-59(68)41-50(45-72-56(65)36-28-24-20-16-12-8-3)46-73-57(66)37-29-25-21-17-13-9-4/h30-31,49-53H,6-29,32-48H2,1-5H3/t51-,52-,53?/m0/s1. The average molecular weight is 1080 g/mol. The molecule has 0 saturated carbocycles. The number of likely N-dealkylation sites (N-methyl/N-ethyl adjacent to an activating group) is 1. The molecule has 1 saturated heterocycles. The van der Waals surface area contributed by atoms with Gasteiger partial charge in [0, 0.05) is 50.6 Å². The summed E-state index contributed by atoms with van der Waals surface area (Å²) in [6.45, 7) is 9.06. The molecule has 1 amide bonds. The van der Waals surface area contributed by atoms with Crippen molar-refractivity contribution in [3.8, 4) is 0 Å². The lowest BCUT2D eigenvalue weighted by Gasteiger charge is -2.35. The maximum absolute atomic E-state index is 14.2. The van der Waals surface area contributed by atoms with Gasteiger partial charge in [-0.05, 0) is 52.0 Å². The van der Waals surface area contributed by atoms with Crippen LogP contribution in [0, 0.1) is 11.8 Å². The fourth-order valence-corrected chi connectivity index (χ4v) is 9.45. The lowest BCUT2D eigenvalue weighted by molar-refractivity contribution is -0.156. The second-order valence-corrected chi connectivity index (χ2v) is 21.5. The van der Waals surface area contributed by atoms with Crippen molar-refractivity contribution < 1.29 is 66.7 Å². The molecule has 0 N–H and O–H groups in total. The highest BCUT2D eigenvalue weighted by Crippen LogP contribution is 2.24. The minimum atomic E-state index is -0.688. The molecule has 0 radical (unpaired) electrons. The zero-order chi connectivity index (χ0) is 55.4. The minimum Gasteiger partial charge on any atom is -0.465 e. The van der Waals surface area contributed by atoms with E-state index in [1.807, 2.05) is 19.2 Å². The van der Waals surface area contributed by atoms with E-state index in [0.717, 1.165) is 135 Å². The Morgan fingerprint density at radius 3 is 1.05 bits per heavy atom. The lowest BCUT2D eigenvalue weighted by atomic mass is 10.1. The summed E-state index contributed by atoms with van der Waals surface area (Å²) in [5.74, 6) is -3.99. The van der Waals surface area contributed by atoms with Gasteiger partial charge >= 0.3 is 41.9 Å². The molecule has 76 heavy (non-hydrogen) atoms. The number of carbonyl (C=O) groups is 7. The molecule has 2 rings (SSSR count). The quantitative estimate of drug-likeness (QED) is 0.0242. The Balaban J connectivity index is 2.16. The molecule has 16 heteroatoms. The summed E-state index contributed by atoms with van der Waals surface area (Å²) >= 11 is 0. The van der Waals surface area contributed by atoms with Crippen molar-refractivity contribution in [3.05, 3.63) is 12.2 Å². The predicted molar refractivity (Wildman–Crippen MR) is 294 cm³/mol. The van der Waals surface area contributed by atoms with E-state index in [4.69, 9.17) is 33.2 Å². The number of likely N-dealkylation sites (tertiary alicyclic amines) is 1. The van der Waals surface area contributed by atoms with Gasteiger partial charge in [-0.15, -0.1) is 0 Å². The van der Waals surface area contributed by atoms with Crippen molar-refractivity contribution >= 4 is 41.9 Å². The number of amides is 1. The van der Waals surface area contributed by atoms with Crippen molar-refractivity contribution in [2.45, 2.75) is 258 Å². The van der Waals surface area contributed by atoms with Gasteiger partial charge in [0.05, 0.1) is 51.4 Å². The third-order valence-electron chi connectivity index (χ3n) is 14.2. The third kappa shape index (κ3) is 34.5. The van der Waals surface area contributed by atoms with Crippen LogP contribution in [0.5, 0.6) is 0 Å². The van der Waals surface area contributed by atoms with Gasteiger partial charge in [-0.1, -0.05) is 168 Å². The Kier molecular flexibility index (Phi) is 40.0. The highest BCUT2D eigenvalue weighted by Gasteiger charge is 2.37. The molecule has 438 valence electrons. The van der Waals surface area contributed by atoms with Crippen LogP contribution in [0.1, 0.15) is 240 Å². The van der Waals surface area contributed by atoms with Gasteiger partial charge in [0.2, 0.25) is 0 Å². The maximum atomic E-state index is 14.2. The van der Waals surface area contributed by atoms with Crippen LogP contribution in [0.4, 0.5) is 4.79 Å². The first-order valence-corrected chi connectivity index (χ1v) is 30.1. The number of hydrogen-bond donors (Lipinski definition) is 0. The summed E-state index contributed by atoms with van der Waals surface area (Å²) in [5, 5.41) is 0. The van der Waals surface area contributed by atoms with Crippen molar-refractivity contribution in [1.29, 1.82) is 0 Å². The van der Waals surface area contributed by atoms with Gasteiger partial charge in [0.15, 0.2) is 0 Å². The molecule has 1 fully saturated rings. The second kappa shape index (κ2) is 44.7. The summed E-state index contributed by atoms with van der Waals surface area (Å²) in [4.78, 5) is 96.1. The van der Waals surface area contributed by atoms with Crippen LogP contribution in [0.3, 0.4) is 0 Å². The summed E-state index contributed by atoms with van der Waals surface area (Å²) in [7, 11) is 1.95. The molecule has 0 spiro atoms.